The number of aromatic nitrogens is 2. The lowest BCUT2D eigenvalue weighted by molar-refractivity contribution is 1.19. The minimum absolute atomic E-state index is 1.16. The summed E-state index contributed by atoms with van der Waals surface area (Å²) in [5.41, 5.74) is 19.6. The van der Waals surface area contributed by atoms with Crippen molar-refractivity contribution < 1.29 is 0 Å². The van der Waals surface area contributed by atoms with E-state index in [0.717, 1.165) is 5.69 Å². The zero-order chi connectivity index (χ0) is 41.9. The van der Waals surface area contributed by atoms with Crippen molar-refractivity contribution in [2.45, 2.75) is 0 Å². The van der Waals surface area contributed by atoms with E-state index < -0.39 is 0 Å². The molecule has 2 aromatic heterocycles. The number of fused-ring (bicyclic) bond motifs is 13. The van der Waals surface area contributed by atoms with Crippen molar-refractivity contribution in [2.75, 3.05) is 0 Å². The minimum atomic E-state index is 1.16. The Bertz CT molecular complexity index is 4050. The zero-order valence-electron chi connectivity index (χ0n) is 34.8. The molecule has 1 aliphatic heterocycles. The highest BCUT2D eigenvalue weighted by atomic mass is 15.0. The van der Waals surface area contributed by atoms with E-state index in [9.17, 15) is 0 Å². The first-order chi connectivity index (χ1) is 31.7. The molecule has 64 heavy (non-hydrogen) atoms. The molecule has 0 bridgehead atoms. The van der Waals surface area contributed by atoms with Crippen molar-refractivity contribution in [3.63, 3.8) is 0 Å². The average Bonchev–Trinajstić information content (AvgIpc) is 3.84. The molecule has 2 heteroatoms. The summed E-state index contributed by atoms with van der Waals surface area (Å²) in [7, 11) is 0. The molecule has 0 radical (unpaired) electrons. The normalized spacial score (nSPS) is 12.1. The van der Waals surface area contributed by atoms with Crippen molar-refractivity contribution >= 4 is 65.2 Å². The van der Waals surface area contributed by atoms with E-state index in [1.807, 2.05) is 0 Å². The maximum atomic E-state index is 2.50. The maximum absolute atomic E-state index is 2.50. The summed E-state index contributed by atoms with van der Waals surface area (Å²) in [6.07, 6.45) is 0. The van der Waals surface area contributed by atoms with Crippen molar-refractivity contribution in [3.8, 4) is 67.0 Å². The van der Waals surface area contributed by atoms with Crippen LogP contribution in [-0.4, -0.2) is 9.13 Å². The molecule has 1 aliphatic rings. The molecule has 11 aromatic carbocycles. The van der Waals surface area contributed by atoms with Crippen LogP contribution >= 0.6 is 0 Å². The lowest BCUT2D eigenvalue weighted by atomic mass is 9.89. The third-order valence-corrected chi connectivity index (χ3v) is 13.8. The predicted octanol–water partition coefficient (Wildman–Crippen LogP) is 16.8. The predicted molar refractivity (Wildman–Crippen MR) is 271 cm³/mol. The van der Waals surface area contributed by atoms with E-state index in [2.05, 4.69) is 240 Å². The van der Waals surface area contributed by atoms with Crippen LogP contribution in [0.3, 0.4) is 0 Å². The van der Waals surface area contributed by atoms with Gasteiger partial charge in [0, 0.05) is 38.4 Å². The standard InChI is InChI=1S/C62H38N2/c1-2-14-41(15-3-1)52-38-47(32-45-18-6-7-19-48(45)52)63-58-23-11-9-21-50(58)55-35-44(30-31-61(55)63)39-26-28-40(29-27-39)46-36-56-51-22-10-13-25-60(51)64-59-24-12-8-20-49(59)53-33-42-16-4-5-17-43(42)34-54(53)57(37-46)62(56)64/h1-38H. The third-order valence-electron chi connectivity index (χ3n) is 13.8. The Kier molecular flexibility index (Phi) is 7.43. The number of para-hydroxylation sites is 3. The highest BCUT2D eigenvalue weighted by Gasteiger charge is 2.26. The number of benzene rings is 11. The van der Waals surface area contributed by atoms with E-state index >= 15 is 0 Å². The van der Waals surface area contributed by atoms with Gasteiger partial charge >= 0.3 is 0 Å². The highest BCUT2D eigenvalue weighted by molar-refractivity contribution is 6.19. The molecule has 0 atom stereocenters. The number of nitrogens with zero attached hydrogens (tertiary/aromatic N) is 2. The zero-order valence-corrected chi connectivity index (χ0v) is 34.8. The number of hydrogen-bond donors (Lipinski definition) is 0. The van der Waals surface area contributed by atoms with Gasteiger partial charge in [-0.2, -0.15) is 0 Å². The molecule has 0 saturated heterocycles. The molecule has 0 aliphatic carbocycles. The molecular weight excluding hydrogens is 773 g/mol. The van der Waals surface area contributed by atoms with Crippen LogP contribution in [0.1, 0.15) is 0 Å². The van der Waals surface area contributed by atoms with Gasteiger partial charge in [0.05, 0.1) is 27.8 Å². The molecule has 0 amide bonds. The Balaban J connectivity index is 0.919. The summed E-state index contributed by atoms with van der Waals surface area (Å²) in [5.74, 6) is 0. The van der Waals surface area contributed by atoms with Crippen molar-refractivity contribution in [1.82, 2.24) is 9.13 Å². The summed E-state index contributed by atoms with van der Waals surface area (Å²) in [5, 5.41) is 10.0. The summed E-state index contributed by atoms with van der Waals surface area (Å²) in [6, 6.07) is 85.4. The first-order valence-corrected chi connectivity index (χ1v) is 22.2. The lowest BCUT2D eigenvalue weighted by Gasteiger charge is -2.14. The summed E-state index contributed by atoms with van der Waals surface area (Å²) in [6.45, 7) is 0. The Morgan fingerprint density at radius 3 is 1.55 bits per heavy atom. The quantitative estimate of drug-likeness (QED) is 0.168. The van der Waals surface area contributed by atoms with Gasteiger partial charge in [-0.3, -0.25) is 0 Å². The fourth-order valence-electron chi connectivity index (χ4n) is 10.9. The van der Waals surface area contributed by atoms with Gasteiger partial charge in [-0.25, -0.2) is 0 Å². The monoisotopic (exact) mass is 810 g/mol. The van der Waals surface area contributed by atoms with Crippen molar-refractivity contribution in [1.29, 1.82) is 0 Å². The number of rotatable bonds is 4. The van der Waals surface area contributed by atoms with Crippen molar-refractivity contribution in [3.05, 3.63) is 231 Å². The van der Waals surface area contributed by atoms with Gasteiger partial charge in [-0.15, -0.1) is 0 Å². The van der Waals surface area contributed by atoms with E-state index in [1.165, 1.54) is 126 Å². The molecule has 0 N–H and O–H groups in total. The van der Waals surface area contributed by atoms with Crippen LogP contribution in [0.5, 0.6) is 0 Å². The summed E-state index contributed by atoms with van der Waals surface area (Å²) < 4.78 is 4.94. The molecule has 0 fully saturated rings. The molecule has 296 valence electrons. The molecular formula is C62H38N2. The van der Waals surface area contributed by atoms with Crippen LogP contribution in [0.25, 0.3) is 132 Å². The smallest absolute Gasteiger partial charge is 0.0620 e. The van der Waals surface area contributed by atoms with Crippen LogP contribution in [0.15, 0.2) is 231 Å². The van der Waals surface area contributed by atoms with Crippen LogP contribution in [-0.2, 0) is 0 Å². The molecule has 13 aromatic rings. The largest absolute Gasteiger partial charge is 0.309 e. The molecule has 14 rings (SSSR count). The van der Waals surface area contributed by atoms with Crippen LogP contribution in [0.2, 0.25) is 0 Å². The SMILES string of the molecule is c1ccc(-c2cc(-n3c4ccccc4c4cc(-c5ccc(-c6cc7c8c(c6)c6ccccc6n8-c6ccccc6-c6cc8ccccc8cc6-7)cc5)ccc43)cc3ccccc23)cc1. The Morgan fingerprint density at radius 1 is 0.234 bits per heavy atom. The maximum Gasteiger partial charge on any atom is 0.0620 e. The molecule has 3 heterocycles. The number of hydrogen-bond acceptors (Lipinski definition) is 0. The second-order valence-corrected chi connectivity index (χ2v) is 17.3. The van der Waals surface area contributed by atoms with E-state index in [4.69, 9.17) is 0 Å². The molecule has 0 spiro atoms. The van der Waals surface area contributed by atoms with Gasteiger partial charge in [-0.1, -0.05) is 164 Å². The van der Waals surface area contributed by atoms with Gasteiger partial charge in [0.25, 0.3) is 0 Å². The first-order valence-electron chi connectivity index (χ1n) is 22.2. The van der Waals surface area contributed by atoms with Crippen molar-refractivity contribution in [2.24, 2.45) is 0 Å². The van der Waals surface area contributed by atoms with Crippen LogP contribution < -0.4 is 0 Å². The van der Waals surface area contributed by atoms with E-state index in [1.54, 1.807) is 0 Å². The molecule has 2 nitrogen and oxygen atoms in total. The van der Waals surface area contributed by atoms with Gasteiger partial charge in [0.15, 0.2) is 0 Å². The Hall–Kier alpha value is -8.46. The Labute approximate surface area is 370 Å². The van der Waals surface area contributed by atoms with E-state index in [0.29, 0.717) is 0 Å². The highest BCUT2D eigenvalue weighted by Crippen LogP contribution is 2.49. The van der Waals surface area contributed by atoms with Gasteiger partial charge in [0.2, 0.25) is 0 Å². The molecule has 0 saturated carbocycles. The van der Waals surface area contributed by atoms with Crippen LogP contribution in [0.4, 0.5) is 0 Å². The fraction of sp³-hybridized carbons (Fsp3) is 0. The lowest BCUT2D eigenvalue weighted by Crippen LogP contribution is -1.95. The minimum Gasteiger partial charge on any atom is -0.309 e. The summed E-state index contributed by atoms with van der Waals surface area (Å²) >= 11 is 0. The second-order valence-electron chi connectivity index (χ2n) is 17.3. The fourth-order valence-corrected chi connectivity index (χ4v) is 10.9. The Morgan fingerprint density at radius 2 is 0.781 bits per heavy atom. The topological polar surface area (TPSA) is 9.86 Å². The third kappa shape index (κ3) is 5.14. The van der Waals surface area contributed by atoms with Gasteiger partial charge in [-0.05, 0) is 133 Å². The van der Waals surface area contributed by atoms with E-state index in [-0.39, 0.29) is 0 Å². The second kappa shape index (κ2) is 13.5. The first kappa shape index (κ1) is 35.2. The summed E-state index contributed by atoms with van der Waals surface area (Å²) in [4.78, 5) is 0. The molecule has 0 unspecified atom stereocenters. The average molecular weight is 811 g/mol. The van der Waals surface area contributed by atoms with Gasteiger partial charge < -0.3 is 9.13 Å². The van der Waals surface area contributed by atoms with Crippen LogP contribution in [0, 0.1) is 0 Å². The van der Waals surface area contributed by atoms with Gasteiger partial charge in [0.1, 0.15) is 0 Å².